The fraction of sp³-hybridized carbons (Fsp3) is 0.730. The molecule has 1 N–H and O–H groups in total. The minimum absolute atomic E-state index is 0.0302. The van der Waals surface area contributed by atoms with Gasteiger partial charge >= 0.3 is 5.97 Å². The van der Waals surface area contributed by atoms with Crippen LogP contribution in [-0.4, -0.2) is 69.4 Å². The molecule has 0 heterocycles. The van der Waals surface area contributed by atoms with Crippen LogP contribution in [0.3, 0.4) is 0 Å². The van der Waals surface area contributed by atoms with E-state index >= 15 is 0 Å². The first-order valence-electron chi connectivity index (χ1n) is 34.7. The van der Waals surface area contributed by atoms with E-state index in [1.165, 1.54) is 135 Å². The molecular formula is C74H131N2O7P. The molecule has 0 aliphatic carbocycles. The van der Waals surface area contributed by atoms with Gasteiger partial charge in [-0.3, -0.25) is 14.2 Å². The van der Waals surface area contributed by atoms with Crippen LogP contribution in [0.25, 0.3) is 0 Å². The molecule has 84 heavy (non-hydrogen) atoms. The van der Waals surface area contributed by atoms with Crippen LogP contribution < -0.4 is 10.2 Å². The van der Waals surface area contributed by atoms with E-state index in [9.17, 15) is 19.0 Å². The van der Waals surface area contributed by atoms with Gasteiger partial charge in [-0.15, -0.1) is 0 Å². The van der Waals surface area contributed by atoms with Crippen molar-refractivity contribution in [2.75, 3.05) is 40.9 Å². The van der Waals surface area contributed by atoms with Gasteiger partial charge in [0.2, 0.25) is 5.91 Å². The summed E-state index contributed by atoms with van der Waals surface area (Å²) in [7, 11) is 1.16. The van der Waals surface area contributed by atoms with Gasteiger partial charge in [0.15, 0.2) is 0 Å². The van der Waals surface area contributed by atoms with Gasteiger partial charge in [-0.1, -0.05) is 278 Å². The number of ether oxygens (including phenoxy) is 1. The number of carbonyl (C=O) groups is 2. The molecule has 0 aromatic rings. The summed E-state index contributed by atoms with van der Waals surface area (Å²) < 4.78 is 30.4. The maximum absolute atomic E-state index is 13.6. The fourth-order valence-corrected chi connectivity index (χ4v) is 10.3. The maximum atomic E-state index is 13.6. The van der Waals surface area contributed by atoms with E-state index in [0.717, 1.165) is 128 Å². The maximum Gasteiger partial charge on any atom is 0.306 e. The second-order valence-electron chi connectivity index (χ2n) is 24.3. The molecule has 0 fully saturated rings. The number of allylic oxidation sites excluding steroid dienone is 17. The van der Waals surface area contributed by atoms with Crippen LogP contribution in [0, 0.1) is 0 Å². The van der Waals surface area contributed by atoms with Crippen LogP contribution in [0.1, 0.15) is 297 Å². The molecule has 3 unspecified atom stereocenters. The topological polar surface area (TPSA) is 114 Å². The highest BCUT2D eigenvalue weighted by atomic mass is 31.2. The molecule has 0 aliphatic heterocycles. The summed E-state index contributed by atoms with van der Waals surface area (Å²) in [6, 6.07) is -0.904. The summed E-state index contributed by atoms with van der Waals surface area (Å²) in [6.45, 7) is 6.70. The normalized spacial score (nSPS) is 14.2. The van der Waals surface area contributed by atoms with Crippen molar-refractivity contribution in [2.45, 2.75) is 309 Å². The minimum Gasteiger partial charge on any atom is -0.756 e. The first-order chi connectivity index (χ1) is 40.9. The van der Waals surface area contributed by atoms with Gasteiger partial charge in [-0.25, -0.2) is 0 Å². The number of carbonyl (C=O) groups excluding carboxylic acids is 2. The number of hydrogen-bond acceptors (Lipinski definition) is 7. The van der Waals surface area contributed by atoms with E-state index in [-0.39, 0.29) is 24.9 Å². The Morgan fingerprint density at radius 3 is 1.17 bits per heavy atom. The molecular weight excluding hydrogens is 1060 g/mol. The van der Waals surface area contributed by atoms with E-state index in [1.54, 1.807) is 0 Å². The largest absolute Gasteiger partial charge is 0.756 e. The van der Waals surface area contributed by atoms with Gasteiger partial charge in [0.1, 0.15) is 19.3 Å². The number of esters is 1. The number of unbranched alkanes of at least 4 members (excludes halogenated alkanes) is 30. The predicted molar refractivity (Wildman–Crippen MR) is 362 cm³/mol. The number of phosphoric acid groups is 1. The highest BCUT2D eigenvalue weighted by molar-refractivity contribution is 7.45. The second-order valence-corrected chi connectivity index (χ2v) is 25.7. The fourth-order valence-electron chi connectivity index (χ4n) is 9.62. The Labute approximate surface area is 519 Å². The molecule has 3 atom stereocenters. The molecule has 0 saturated heterocycles. The van der Waals surface area contributed by atoms with Gasteiger partial charge in [-0.2, -0.15) is 0 Å². The van der Waals surface area contributed by atoms with Crippen LogP contribution in [0.15, 0.2) is 109 Å². The average Bonchev–Trinajstić information content (AvgIpc) is 3.64. The summed E-state index contributed by atoms with van der Waals surface area (Å²) in [4.78, 5) is 40.2. The number of nitrogens with one attached hydrogen (secondary N) is 1. The Morgan fingerprint density at radius 2 is 0.762 bits per heavy atom. The van der Waals surface area contributed by atoms with E-state index < -0.39 is 26.6 Å². The summed E-state index contributed by atoms with van der Waals surface area (Å²) in [5.41, 5.74) is 0. The third-order valence-electron chi connectivity index (χ3n) is 14.9. The number of rotatable bonds is 62. The molecule has 0 saturated carbocycles. The zero-order chi connectivity index (χ0) is 61.4. The van der Waals surface area contributed by atoms with Gasteiger partial charge in [-0.05, 0) is 115 Å². The van der Waals surface area contributed by atoms with E-state index in [1.807, 2.05) is 33.3 Å². The van der Waals surface area contributed by atoms with E-state index in [2.05, 4.69) is 123 Å². The van der Waals surface area contributed by atoms with Gasteiger partial charge in [0, 0.05) is 12.8 Å². The first kappa shape index (κ1) is 80.7. The number of amides is 1. The van der Waals surface area contributed by atoms with Crippen molar-refractivity contribution < 1.29 is 37.3 Å². The van der Waals surface area contributed by atoms with E-state index in [4.69, 9.17) is 13.8 Å². The third-order valence-corrected chi connectivity index (χ3v) is 15.9. The van der Waals surface area contributed by atoms with Crippen molar-refractivity contribution >= 4 is 19.7 Å². The summed E-state index contributed by atoms with van der Waals surface area (Å²) in [5, 5.41) is 3.03. The molecule has 0 aliphatic rings. The lowest BCUT2D eigenvalue weighted by atomic mass is 10.0. The van der Waals surface area contributed by atoms with Crippen molar-refractivity contribution in [2.24, 2.45) is 0 Å². The predicted octanol–water partition coefficient (Wildman–Crippen LogP) is 21.4. The van der Waals surface area contributed by atoms with E-state index in [0.29, 0.717) is 17.4 Å². The van der Waals surface area contributed by atoms with Gasteiger partial charge < -0.3 is 28.5 Å². The van der Waals surface area contributed by atoms with Crippen LogP contribution in [0.5, 0.6) is 0 Å². The summed E-state index contributed by atoms with van der Waals surface area (Å²) >= 11 is 0. The first-order valence-corrected chi connectivity index (χ1v) is 36.2. The summed E-state index contributed by atoms with van der Waals surface area (Å²) in [6.07, 6.45) is 86.3. The Balaban J connectivity index is 5.15. The third kappa shape index (κ3) is 63.2. The standard InChI is InChI=1S/C74H131N2O7P/c1-7-10-13-16-19-22-25-28-30-32-34-36-38-40-42-44-46-48-51-54-57-60-63-66-73(77)75-71(70-82-84(79,80)81-69-68-76(4,5)6)72(65-62-59-56-53-50-27-24-21-18-15-12-9-3)83-74(78)67-64-61-58-55-52-49-47-45-43-41-39-37-35-33-31-29-26-23-20-17-14-11-8-2/h10,13,19-20,22-23,28-31,34-37,40,42,62,65,71-72H,7-9,11-12,14-18,21,24-27,32-33,38-39,41,43-61,63-64,66-70H2,1-6H3,(H-,75,77,79,80)/b13-10-,22-19-,23-20-,30-28-,31-29-,36-34-,37-35-,42-40-,65-62+. The monoisotopic (exact) mass is 1190 g/mol. The molecule has 0 spiro atoms. The van der Waals surface area contributed by atoms with Gasteiger partial charge in [0.25, 0.3) is 7.82 Å². The highest BCUT2D eigenvalue weighted by Gasteiger charge is 2.27. The lowest BCUT2D eigenvalue weighted by molar-refractivity contribution is -0.870. The molecule has 1 amide bonds. The molecule has 10 heteroatoms. The van der Waals surface area contributed by atoms with Crippen molar-refractivity contribution in [3.63, 3.8) is 0 Å². The lowest BCUT2D eigenvalue weighted by Crippen LogP contribution is -2.47. The van der Waals surface area contributed by atoms with Crippen LogP contribution >= 0.6 is 7.82 Å². The average molecular weight is 1190 g/mol. The van der Waals surface area contributed by atoms with Crippen LogP contribution in [-0.2, 0) is 27.9 Å². The molecule has 0 aromatic heterocycles. The Kier molecular flexibility index (Phi) is 60.2. The molecule has 9 nitrogen and oxygen atoms in total. The van der Waals surface area contributed by atoms with Gasteiger partial charge in [0.05, 0.1) is 33.8 Å². The lowest BCUT2D eigenvalue weighted by Gasteiger charge is -2.30. The second kappa shape index (κ2) is 62.7. The zero-order valence-electron chi connectivity index (χ0n) is 55.3. The Morgan fingerprint density at radius 1 is 0.429 bits per heavy atom. The Hall–Kier alpha value is -3.33. The number of phosphoric ester groups is 1. The van der Waals surface area contributed by atoms with Crippen LogP contribution in [0.4, 0.5) is 0 Å². The van der Waals surface area contributed by atoms with Crippen LogP contribution in [0.2, 0.25) is 0 Å². The number of hydrogen-bond donors (Lipinski definition) is 1. The quantitative estimate of drug-likeness (QED) is 0.0212. The molecule has 0 aromatic carbocycles. The number of likely N-dealkylation sites (N-methyl/N-ethyl adjacent to an activating group) is 1. The van der Waals surface area contributed by atoms with Crippen molar-refractivity contribution in [3.05, 3.63) is 109 Å². The zero-order valence-corrected chi connectivity index (χ0v) is 56.2. The highest BCUT2D eigenvalue weighted by Crippen LogP contribution is 2.38. The van der Waals surface area contributed by atoms with Crippen molar-refractivity contribution in [1.82, 2.24) is 5.32 Å². The molecule has 0 rings (SSSR count). The SMILES string of the molecule is CC/C=C\C/C=C\C/C=C\C/C=C\C/C=C\CCCCCCCCCC(=O)NC(COP(=O)([O-])OCC[N+](C)(C)C)C(/C=C/CCCCCCCCCCCC)OC(=O)CCCCCCCCCCCC/C=C\C/C=C\C/C=C\CCCCC. The Bertz CT molecular complexity index is 1810. The molecule has 484 valence electrons. The molecule has 0 radical (unpaired) electrons. The minimum atomic E-state index is -4.71. The van der Waals surface area contributed by atoms with Crippen molar-refractivity contribution in [1.29, 1.82) is 0 Å². The summed E-state index contributed by atoms with van der Waals surface area (Å²) in [5.74, 6) is -0.558. The smallest absolute Gasteiger partial charge is 0.306 e. The molecule has 0 bridgehead atoms. The number of nitrogens with zero attached hydrogens (tertiary/aromatic N) is 1. The number of quaternary nitrogens is 1. The van der Waals surface area contributed by atoms with Crippen molar-refractivity contribution in [3.8, 4) is 0 Å².